The van der Waals surface area contributed by atoms with Crippen LogP contribution >= 0.6 is 0 Å². The van der Waals surface area contributed by atoms with Gasteiger partial charge in [0.2, 0.25) is 0 Å². The molecule has 1 N–H and O–H groups in total. The van der Waals surface area contributed by atoms with E-state index in [9.17, 15) is 0 Å². The van der Waals surface area contributed by atoms with Gasteiger partial charge in [-0.15, -0.1) is 0 Å². The summed E-state index contributed by atoms with van der Waals surface area (Å²) in [5, 5.41) is 0.807. The van der Waals surface area contributed by atoms with Gasteiger partial charge in [-0.1, -0.05) is 20.1 Å². The summed E-state index contributed by atoms with van der Waals surface area (Å²) in [7, 11) is 0. The molecule has 68 valence electrons. The zero-order valence-electron chi connectivity index (χ0n) is 7.75. The number of aromatic amines is 1. The summed E-state index contributed by atoms with van der Waals surface area (Å²) in [6.07, 6.45) is 2.46. The Balaban J connectivity index is 3.51. The fraction of sp³-hybridized carbons (Fsp3) is 0.200. The van der Waals surface area contributed by atoms with Crippen LogP contribution in [0.15, 0.2) is 18.3 Å². The Hall–Kier alpha value is -1.64. The van der Waals surface area contributed by atoms with E-state index in [4.69, 9.17) is 0 Å². The molecule has 13 heavy (non-hydrogen) atoms. The first kappa shape index (κ1) is 9.45. The molecule has 0 amide bonds. The maximum Gasteiger partial charge on any atom is 0.146 e. The second-order valence-corrected chi connectivity index (χ2v) is 2.62. The highest BCUT2D eigenvalue weighted by Crippen LogP contribution is 1.77. The van der Waals surface area contributed by atoms with Crippen LogP contribution < -0.4 is 10.8 Å². The molecular formula is C10H13N3. The fourth-order valence-electron chi connectivity index (χ4n) is 0.895. The number of aromatic nitrogens is 3. The van der Waals surface area contributed by atoms with E-state index in [1.807, 2.05) is 13.0 Å². The molecule has 3 nitrogen and oxygen atoms in total. The minimum atomic E-state index is 0.503. The van der Waals surface area contributed by atoms with Crippen LogP contribution in [0, 0.1) is 0 Å². The fourth-order valence-corrected chi connectivity index (χ4v) is 0.895. The van der Waals surface area contributed by atoms with E-state index in [1.54, 1.807) is 12.3 Å². The van der Waals surface area contributed by atoms with Gasteiger partial charge in [-0.3, -0.25) is 0 Å². The van der Waals surface area contributed by atoms with Crippen molar-refractivity contribution in [1.29, 1.82) is 0 Å². The molecule has 1 aromatic heterocycles. The molecule has 0 spiro atoms. The highest BCUT2D eigenvalue weighted by Gasteiger charge is 1.83. The van der Waals surface area contributed by atoms with Gasteiger partial charge in [0.1, 0.15) is 11.3 Å². The summed E-state index contributed by atoms with van der Waals surface area (Å²) in [6, 6.07) is 3.64. The average Bonchev–Trinajstić information content (AvgIpc) is 2.17. The Kier molecular flexibility index (Phi) is 3.20. The van der Waals surface area contributed by atoms with Gasteiger partial charge in [-0.2, -0.15) is 0 Å². The molecule has 0 bridgehead atoms. The summed E-state index contributed by atoms with van der Waals surface area (Å²) in [6.45, 7) is 9.51. The van der Waals surface area contributed by atoms with E-state index in [0.29, 0.717) is 5.48 Å². The van der Waals surface area contributed by atoms with Crippen molar-refractivity contribution < 1.29 is 0 Å². The third-order valence-corrected chi connectivity index (χ3v) is 1.51. The van der Waals surface area contributed by atoms with Crippen molar-refractivity contribution in [3.8, 4) is 0 Å². The van der Waals surface area contributed by atoms with Crippen LogP contribution in [-0.2, 0) is 6.42 Å². The van der Waals surface area contributed by atoms with E-state index < -0.39 is 0 Å². The Bertz CT molecular complexity index is 380. The Morgan fingerprint density at radius 3 is 2.92 bits per heavy atom. The molecule has 0 aliphatic heterocycles. The summed E-state index contributed by atoms with van der Waals surface area (Å²) in [4.78, 5) is 11.2. The maximum atomic E-state index is 4.18. The molecule has 0 aliphatic carbocycles. The molecule has 0 unspecified atom stereocenters. The highest BCUT2D eigenvalue weighted by molar-refractivity contribution is 4.98. The second-order valence-electron chi connectivity index (χ2n) is 2.62. The number of nitrogens with zero attached hydrogens (tertiary/aromatic N) is 2. The smallest absolute Gasteiger partial charge is 0.146 e. The zero-order valence-corrected chi connectivity index (χ0v) is 7.75. The van der Waals surface area contributed by atoms with Crippen LogP contribution in [0.4, 0.5) is 0 Å². The normalized spacial score (nSPS) is 9.31. The van der Waals surface area contributed by atoms with Crippen LogP contribution in [0.25, 0.3) is 13.2 Å². The lowest BCUT2D eigenvalue weighted by molar-refractivity contribution is 0.914. The van der Waals surface area contributed by atoms with Crippen LogP contribution in [0.2, 0.25) is 0 Å². The van der Waals surface area contributed by atoms with Gasteiger partial charge in [0.15, 0.2) is 0 Å². The van der Waals surface area contributed by atoms with E-state index >= 15 is 0 Å². The molecule has 0 radical (unpaired) electrons. The lowest BCUT2D eigenvalue weighted by Crippen LogP contribution is -2.11. The van der Waals surface area contributed by atoms with Crippen LogP contribution in [-0.4, -0.2) is 15.0 Å². The predicted octanol–water partition coefficient (Wildman–Crippen LogP) is 0.312. The number of H-pyrrole nitrogens is 1. The summed E-state index contributed by atoms with van der Waals surface area (Å²) in [5.41, 5.74) is 0.503. The van der Waals surface area contributed by atoms with Gasteiger partial charge in [0, 0.05) is 18.0 Å². The van der Waals surface area contributed by atoms with E-state index in [1.165, 1.54) is 0 Å². The van der Waals surface area contributed by atoms with Gasteiger partial charge >= 0.3 is 0 Å². The summed E-state index contributed by atoms with van der Waals surface area (Å²) >= 11 is 0. The minimum Gasteiger partial charge on any atom is -0.344 e. The van der Waals surface area contributed by atoms with Crippen LogP contribution in [0.5, 0.6) is 0 Å². The largest absolute Gasteiger partial charge is 0.344 e. The van der Waals surface area contributed by atoms with Crippen molar-refractivity contribution in [2.24, 2.45) is 0 Å². The van der Waals surface area contributed by atoms with Gasteiger partial charge in [0.25, 0.3) is 0 Å². The van der Waals surface area contributed by atoms with Gasteiger partial charge in [-0.05, 0) is 12.1 Å². The Morgan fingerprint density at radius 2 is 2.23 bits per heavy atom. The molecule has 0 fully saturated rings. The van der Waals surface area contributed by atoms with Crippen molar-refractivity contribution in [3.63, 3.8) is 0 Å². The Labute approximate surface area is 77.2 Å². The van der Waals surface area contributed by atoms with E-state index in [2.05, 4.69) is 28.1 Å². The first-order valence-electron chi connectivity index (χ1n) is 4.15. The van der Waals surface area contributed by atoms with E-state index in [-0.39, 0.29) is 0 Å². The zero-order chi connectivity index (χ0) is 9.68. The van der Waals surface area contributed by atoms with Crippen molar-refractivity contribution in [3.05, 3.63) is 35.0 Å². The molecule has 0 atom stereocenters. The number of nitrogens with one attached hydrogen (secondary N) is 1. The summed E-state index contributed by atoms with van der Waals surface area (Å²) in [5.74, 6) is 0.832. The predicted molar refractivity (Wildman–Crippen MR) is 53.7 cm³/mol. The lowest BCUT2D eigenvalue weighted by Gasteiger charge is -1.88. The Morgan fingerprint density at radius 1 is 1.46 bits per heavy atom. The van der Waals surface area contributed by atoms with Gasteiger partial charge < -0.3 is 4.98 Å². The molecule has 1 aromatic rings. The van der Waals surface area contributed by atoms with Crippen molar-refractivity contribution in [2.45, 2.75) is 13.3 Å². The van der Waals surface area contributed by atoms with Crippen molar-refractivity contribution in [1.82, 2.24) is 15.0 Å². The standard InChI is InChI=1S/C10H13N3/c1-4-10-12-8(2)6-5-7-11-9(3)13-10/h5-7H,2-4H2,1H3,(H,12,13). The SMILES string of the molecule is C=c1ncccc(=C)[nH]c(CC)n1. The molecule has 0 saturated heterocycles. The first-order chi connectivity index (χ1) is 6.22. The third kappa shape index (κ3) is 3.07. The first-order valence-corrected chi connectivity index (χ1v) is 4.15. The average molecular weight is 175 g/mol. The molecule has 1 rings (SSSR count). The van der Waals surface area contributed by atoms with E-state index in [0.717, 1.165) is 17.6 Å². The molecule has 1 heterocycles. The molecular weight excluding hydrogens is 162 g/mol. The number of hydrogen-bond acceptors (Lipinski definition) is 2. The molecule has 0 saturated carbocycles. The van der Waals surface area contributed by atoms with Gasteiger partial charge in [0.05, 0.1) is 0 Å². The van der Waals surface area contributed by atoms with Crippen molar-refractivity contribution >= 4 is 13.2 Å². The summed E-state index contributed by atoms with van der Waals surface area (Å²) < 4.78 is 0. The topological polar surface area (TPSA) is 41.6 Å². The number of hydrogen-bond donors (Lipinski definition) is 1. The number of rotatable bonds is 1. The van der Waals surface area contributed by atoms with Crippen molar-refractivity contribution in [2.75, 3.05) is 0 Å². The molecule has 3 heteroatoms. The second kappa shape index (κ2) is 4.40. The third-order valence-electron chi connectivity index (χ3n) is 1.51. The van der Waals surface area contributed by atoms with Gasteiger partial charge in [-0.25, -0.2) is 9.97 Å². The quantitative estimate of drug-likeness (QED) is 0.667. The monoisotopic (exact) mass is 175 g/mol. The maximum absolute atomic E-state index is 4.18. The molecule has 0 aromatic carbocycles. The van der Waals surface area contributed by atoms with Crippen LogP contribution in [0.3, 0.4) is 0 Å². The number of aryl methyl sites for hydroxylation is 1. The highest BCUT2D eigenvalue weighted by atomic mass is 14.9. The minimum absolute atomic E-state index is 0.503. The molecule has 0 aliphatic rings. The van der Waals surface area contributed by atoms with Crippen LogP contribution in [0.1, 0.15) is 12.7 Å². The lowest BCUT2D eigenvalue weighted by atomic mass is 10.4.